The average Bonchev–Trinajstić information content (AvgIpc) is 2.92. The maximum Gasteiger partial charge on any atom is 0.270 e. The van der Waals surface area contributed by atoms with Crippen LogP contribution < -0.4 is 0 Å². The molecule has 0 N–H and O–H groups in total. The lowest BCUT2D eigenvalue weighted by atomic mass is 10.1. The number of unbranched alkanes of at least 4 members (excludes halogenated alkanes) is 1. The third-order valence-corrected chi connectivity index (χ3v) is 4.58. The molecule has 0 saturated heterocycles. The van der Waals surface area contributed by atoms with E-state index < -0.39 is 0 Å². The van der Waals surface area contributed by atoms with Crippen LogP contribution in [0.25, 0.3) is 10.9 Å². The number of aryl methyl sites for hydroxylation is 2. The molecule has 0 saturated carbocycles. The van der Waals surface area contributed by atoms with Gasteiger partial charge in [0.2, 0.25) is 0 Å². The molecule has 0 radical (unpaired) electrons. The number of carbonyl (C=O) groups is 1. The Kier molecular flexibility index (Phi) is 7.47. The van der Waals surface area contributed by atoms with Crippen molar-refractivity contribution in [3.63, 3.8) is 0 Å². The highest BCUT2D eigenvalue weighted by atomic mass is 16.5. The third-order valence-electron chi connectivity index (χ3n) is 4.58. The third kappa shape index (κ3) is 4.41. The summed E-state index contributed by atoms with van der Waals surface area (Å²) in [6.07, 6.45) is 2.14. The first-order chi connectivity index (χ1) is 12.2. The van der Waals surface area contributed by atoms with Gasteiger partial charge in [-0.1, -0.05) is 31.5 Å². The molecule has 1 heterocycles. The van der Waals surface area contributed by atoms with Crippen molar-refractivity contribution >= 4 is 16.8 Å². The highest BCUT2D eigenvalue weighted by Gasteiger charge is 2.24. The number of hydrogen-bond donors (Lipinski definition) is 0. The van der Waals surface area contributed by atoms with Gasteiger partial charge in [-0.25, -0.2) is 0 Å². The van der Waals surface area contributed by atoms with E-state index in [2.05, 4.69) is 23.6 Å². The molecule has 0 aliphatic rings. The van der Waals surface area contributed by atoms with E-state index in [0.717, 1.165) is 41.5 Å². The summed E-state index contributed by atoms with van der Waals surface area (Å²) in [5.74, 6) is 0.0545. The van der Waals surface area contributed by atoms with Crippen LogP contribution in [0.5, 0.6) is 0 Å². The fourth-order valence-corrected chi connectivity index (χ4v) is 3.17. The summed E-state index contributed by atoms with van der Waals surface area (Å²) >= 11 is 0. The van der Waals surface area contributed by atoms with E-state index in [1.807, 2.05) is 24.0 Å². The lowest BCUT2D eigenvalue weighted by molar-refractivity contribution is 0.0617. The summed E-state index contributed by atoms with van der Waals surface area (Å²) < 4.78 is 12.5. The maximum absolute atomic E-state index is 13.3. The van der Waals surface area contributed by atoms with Crippen LogP contribution in [-0.4, -0.2) is 55.9 Å². The van der Waals surface area contributed by atoms with Crippen LogP contribution >= 0.6 is 0 Å². The first-order valence-electron chi connectivity index (χ1n) is 9.00. The van der Waals surface area contributed by atoms with Crippen molar-refractivity contribution in [2.24, 2.45) is 0 Å². The second-order valence-electron chi connectivity index (χ2n) is 6.27. The van der Waals surface area contributed by atoms with Crippen molar-refractivity contribution in [3.8, 4) is 0 Å². The summed E-state index contributed by atoms with van der Waals surface area (Å²) in [5, 5.41) is 1.15. The Labute approximate surface area is 150 Å². The Bertz CT molecular complexity index is 686. The minimum absolute atomic E-state index is 0.0545. The molecule has 0 aliphatic carbocycles. The van der Waals surface area contributed by atoms with Crippen molar-refractivity contribution in [1.29, 1.82) is 0 Å². The van der Waals surface area contributed by atoms with E-state index in [-0.39, 0.29) is 5.91 Å². The summed E-state index contributed by atoms with van der Waals surface area (Å²) in [6.45, 7) is 7.23. The summed E-state index contributed by atoms with van der Waals surface area (Å²) in [5.41, 5.74) is 2.98. The molecule has 2 aromatic rings. The molecule has 0 aliphatic heterocycles. The smallest absolute Gasteiger partial charge is 0.270 e. The highest BCUT2D eigenvalue weighted by molar-refractivity contribution is 6.01. The second-order valence-corrected chi connectivity index (χ2v) is 6.27. The van der Waals surface area contributed by atoms with Crippen LogP contribution in [0.3, 0.4) is 0 Å². The topological polar surface area (TPSA) is 43.7 Å². The number of methoxy groups -OCH3 is 2. The molecule has 2 rings (SSSR count). The van der Waals surface area contributed by atoms with Crippen LogP contribution in [0.2, 0.25) is 0 Å². The van der Waals surface area contributed by atoms with E-state index in [1.165, 1.54) is 0 Å². The second kappa shape index (κ2) is 9.59. The maximum atomic E-state index is 13.3. The van der Waals surface area contributed by atoms with Gasteiger partial charge in [0.25, 0.3) is 5.91 Å². The lowest BCUT2D eigenvalue weighted by Crippen LogP contribution is -2.38. The Morgan fingerprint density at radius 2 is 1.76 bits per heavy atom. The summed E-state index contributed by atoms with van der Waals surface area (Å²) in [7, 11) is 3.31. The minimum atomic E-state index is 0.0545. The fraction of sp³-hybridized carbons (Fsp3) is 0.550. The molecular weight excluding hydrogens is 316 g/mol. The van der Waals surface area contributed by atoms with Gasteiger partial charge >= 0.3 is 0 Å². The monoisotopic (exact) mass is 346 g/mol. The van der Waals surface area contributed by atoms with Gasteiger partial charge in [0, 0.05) is 44.8 Å². The standard InChI is InChI=1S/C20H30N2O3/c1-5-6-11-22-18-10-8-7-9-17(18)16(2)19(22)20(23)21(12-14-24-3)13-15-25-4/h7-10H,5-6,11-15H2,1-4H3. The first-order valence-corrected chi connectivity index (χ1v) is 9.00. The molecule has 0 fully saturated rings. The van der Waals surface area contributed by atoms with Gasteiger partial charge in [0.1, 0.15) is 5.69 Å². The van der Waals surface area contributed by atoms with Crippen LogP contribution in [0.4, 0.5) is 0 Å². The first kappa shape index (κ1) is 19.5. The highest BCUT2D eigenvalue weighted by Crippen LogP contribution is 2.27. The quantitative estimate of drug-likeness (QED) is 0.661. The van der Waals surface area contributed by atoms with Gasteiger partial charge in [-0.3, -0.25) is 4.79 Å². The van der Waals surface area contributed by atoms with Crippen molar-refractivity contribution in [2.45, 2.75) is 33.2 Å². The largest absolute Gasteiger partial charge is 0.383 e. The fourth-order valence-electron chi connectivity index (χ4n) is 3.17. The van der Waals surface area contributed by atoms with Crippen LogP contribution in [0.1, 0.15) is 35.8 Å². The number of fused-ring (bicyclic) bond motifs is 1. The predicted molar refractivity (Wildman–Crippen MR) is 101 cm³/mol. The van der Waals surface area contributed by atoms with Crippen molar-refractivity contribution in [3.05, 3.63) is 35.5 Å². The zero-order valence-corrected chi connectivity index (χ0v) is 15.9. The molecule has 0 unspecified atom stereocenters. The molecule has 5 nitrogen and oxygen atoms in total. The van der Waals surface area contributed by atoms with Gasteiger partial charge in [0.05, 0.1) is 13.2 Å². The number of carbonyl (C=O) groups excluding carboxylic acids is 1. The van der Waals surface area contributed by atoms with E-state index >= 15 is 0 Å². The van der Waals surface area contributed by atoms with E-state index in [1.54, 1.807) is 14.2 Å². The Hall–Kier alpha value is -1.85. The van der Waals surface area contributed by atoms with Crippen molar-refractivity contribution in [2.75, 3.05) is 40.5 Å². The number of rotatable bonds is 10. The van der Waals surface area contributed by atoms with E-state index in [9.17, 15) is 4.79 Å². The van der Waals surface area contributed by atoms with Gasteiger partial charge in [-0.2, -0.15) is 0 Å². The van der Waals surface area contributed by atoms with Crippen molar-refractivity contribution < 1.29 is 14.3 Å². The number of amides is 1. The van der Waals surface area contributed by atoms with Gasteiger partial charge in [-0.15, -0.1) is 0 Å². The molecular formula is C20H30N2O3. The zero-order chi connectivity index (χ0) is 18.2. The minimum Gasteiger partial charge on any atom is -0.383 e. The normalized spacial score (nSPS) is 11.2. The van der Waals surface area contributed by atoms with Crippen LogP contribution in [0, 0.1) is 6.92 Å². The molecule has 1 amide bonds. The number of ether oxygens (including phenoxy) is 2. The molecule has 0 spiro atoms. The number of aromatic nitrogens is 1. The molecule has 138 valence electrons. The van der Waals surface area contributed by atoms with Crippen molar-refractivity contribution in [1.82, 2.24) is 9.47 Å². The number of hydrogen-bond acceptors (Lipinski definition) is 3. The Morgan fingerprint density at radius 3 is 2.36 bits per heavy atom. The number of benzene rings is 1. The van der Waals surface area contributed by atoms with Gasteiger partial charge < -0.3 is 18.9 Å². The van der Waals surface area contributed by atoms with Gasteiger partial charge in [0.15, 0.2) is 0 Å². The summed E-state index contributed by atoms with van der Waals surface area (Å²) in [4.78, 5) is 15.2. The molecule has 25 heavy (non-hydrogen) atoms. The average molecular weight is 346 g/mol. The van der Waals surface area contributed by atoms with E-state index in [0.29, 0.717) is 26.3 Å². The molecule has 0 bridgehead atoms. The molecule has 5 heteroatoms. The van der Waals surface area contributed by atoms with Gasteiger partial charge in [-0.05, 0) is 25.0 Å². The van der Waals surface area contributed by atoms with E-state index in [4.69, 9.17) is 9.47 Å². The lowest BCUT2D eigenvalue weighted by Gasteiger charge is -2.23. The molecule has 1 aromatic carbocycles. The Morgan fingerprint density at radius 1 is 1.12 bits per heavy atom. The number of nitrogens with zero attached hydrogens (tertiary/aromatic N) is 2. The summed E-state index contributed by atoms with van der Waals surface area (Å²) in [6, 6.07) is 8.26. The van der Waals surface area contributed by atoms with Crippen LogP contribution in [0.15, 0.2) is 24.3 Å². The SMILES string of the molecule is CCCCn1c(C(=O)N(CCOC)CCOC)c(C)c2ccccc21. The number of para-hydroxylation sites is 1. The zero-order valence-electron chi connectivity index (χ0n) is 15.9. The molecule has 0 atom stereocenters. The van der Waals surface area contributed by atoms with Crippen LogP contribution in [-0.2, 0) is 16.0 Å². The Balaban J connectivity index is 2.44. The predicted octanol–water partition coefficient (Wildman–Crippen LogP) is 3.48. The molecule has 1 aromatic heterocycles.